The van der Waals surface area contributed by atoms with Crippen molar-refractivity contribution in [3.05, 3.63) is 77.1 Å². The summed E-state index contributed by atoms with van der Waals surface area (Å²) in [6.07, 6.45) is -0.0277. The van der Waals surface area contributed by atoms with Crippen LogP contribution >= 0.6 is 0 Å². The Hall–Kier alpha value is -5.36. The number of fused-ring (bicyclic) bond motifs is 2. The van der Waals surface area contributed by atoms with Crippen molar-refractivity contribution in [3.8, 4) is 12.1 Å². The molecule has 2 aromatic carbocycles. The zero-order valence-corrected chi connectivity index (χ0v) is 27.4. The number of hydrogen-bond acceptors (Lipinski definition) is 9. The fourth-order valence-electron chi connectivity index (χ4n) is 6.90. The van der Waals surface area contributed by atoms with Crippen LogP contribution in [0.2, 0.25) is 0 Å². The van der Waals surface area contributed by atoms with Crippen molar-refractivity contribution in [1.82, 2.24) is 34.9 Å². The van der Waals surface area contributed by atoms with Crippen molar-refractivity contribution in [3.63, 3.8) is 0 Å². The molecular weight excluding hydrogens is 651 g/mol. The van der Waals surface area contributed by atoms with Gasteiger partial charge in [0.05, 0.1) is 35.8 Å². The number of benzene rings is 2. The molecule has 2 atom stereocenters. The Morgan fingerprint density at radius 3 is 2.70 bits per heavy atom. The summed E-state index contributed by atoms with van der Waals surface area (Å²) < 4.78 is 54.5. The number of H-pyrrole nitrogens is 2. The standard InChI is InChI=1S/C35H36F3N9O3/c1-45-13-5-8-25(45)21-49-33-42-30-23(16-26-27-18-41-44-29(27)10-9-28(26)35(36,37)38)17-40-31(30)32(43-33)46-14-15-47(24(19-46)11-12-39)34(48)50-20-22-6-3-2-4-7-22/h2-4,6-7,9-10,17-18,24-25,40H,5,8,11,13-16,19-21H2,1H3,(H,41,44)/t24-,25?/m0/s1. The summed E-state index contributed by atoms with van der Waals surface area (Å²) >= 11 is 0. The molecule has 2 saturated heterocycles. The van der Waals surface area contributed by atoms with Crippen molar-refractivity contribution < 1.29 is 27.4 Å². The second kappa shape index (κ2) is 13.9. The van der Waals surface area contributed by atoms with Gasteiger partial charge in [0.25, 0.3) is 0 Å². The van der Waals surface area contributed by atoms with Gasteiger partial charge in [-0.25, -0.2) is 4.79 Å². The second-order valence-corrected chi connectivity index (χ2v) is 12.7. The number of rotatable bonds is 9. The van der Waals surface area contributed by atoms with E-state index in [-0.39, 0.29) is 50.2 Å². The van der Waals surface area contributed by atoms with Crippen molar-refractivity contribution in [1.29, 1.82) is 5.26 Å². The number of carbonyl (C=O) groups is 1. The zero-order chi connectivity index (χ0) is 34.8. The molecule has 12 nitrogen and oxygen atoms in total. The molecule has 5 heterocycles. The summed E-state index contributed by atoms with van der Waals surface area (Å²) in [6, 6.07) is 13.8. The van der Waals surface area contributed by atoms with E-state index < -0.39 is 23.9 Å². The van der Waals surface area contributed by atoms with E-state index in [1.807, 2.05) is 42.3 Å². The molecule has 2 aliphatic heterocycles. The minimum absolute atomic E-state index is 0.0629. The third-order valence-corrected chi connectivity index (χ3v) is 9.60. The molecule has 2 fully saturated rings. The van der Waals surface area contributed by atoms with Gasteiger partial charge in [-0.3, -0.25) is 5.10 Å². The minimum atomic E-state index is -4.58. The predicted molar refractivity (Wildman–Crippen MR) is 179 cm³/mol. The highest BCUT2D eigenvalue weighted by Crippen LogP contribution is 2.38. The molecule has 1 amide bonds. The van der Waals surface area contributed by atoms with Crippen LogP contribution in [0.4, 0.5) is 23.8 Å². The SMILES string of the molecule is CN1CCCC1COc1nc(N2CCN(C(=O)OCc3ccccc3)[C@@H](CC#N)C2)c2[nH]cc(Cc3c(C(F)(F)F)ccc4[nH]ncc34)c2n1. The Bertz CT molecular complexity index is 2020. The van der Waals surface area contributed by atoms with Gasteiger partial charge >= 0.3 is 18.3 Å². The number of nitrogens with one attached hydrogen (secondary N) is 2. The van der Waals surface area contributed by atoms with Crippen molar-refractivity contribution in [2.45, 2.75) is 50.6 Å². The third kappa shape index (κ3) is 6.75. The van der Waals surface area contributed by atoms with Crippen LogP contribution in [-0.4, -0.2) is 93.0 Å². The van der Waals surface area contributed by atoms with E-state index in [9.17, 15) is 23.2 Å². The number of nitriles is 1. The van der Waals surface area contributed by atoms with Gasteiger partial charge in [0.15, 0.2) is 5.82 Å². The number of alkyl halides is 3. The number of aromatic amines is 2. The first kappa shape index (κ1) is 33.2. The van der Waals surface area contributed by atoms with Crippen LogP contribution in [0.3, 0.4) is 0 Å². The number of likely N-dealkylation sites (N-methyl/N-ethyl adjacent to an activating group) is 1. The van der Waals surface area contributed by atoms with E-state index in [0.29, 0.717) is 46.5 Å². The fourth-order valence-corrected chi connectivity index (χ4v) is 6.90. The number of anilines is 1. The van der Waals surface area contributed by atoms with Crippen LogP contribution in [0.15, 0.2) is 54.9 Å². The van der Waals surface area contributed by atoms with Crippen LogP contribution in [-0.2, 0) is 23.9 Å². The Morgan fingerprint density at radius 1 is 1.10 bits per heavy atom. The molecule has 260 valence electrons. The summed E-state index contributed by atoms with van der Waals surface area (Å²) in [5, 5.41) is 16.8. The van der Waals surface area contributed by atoms with Gasteiger partial charge in [0.1, 0.15) is 24.2 Å². The van der Waals surface area contributed by atoms with E-state index in [4.69, 9.17) is 19.4 Å². The number of aromatic nitrogens is 5. The van der Waals surface area contributed by atoms with Gasteiger partial charge in [0.2, 0.25) is 0 Å². The van der Waals surface area contributed by atoms with Crippen molar-refractivity contribution in [2.24, 2.45) is 0 Å². The van der Waals surface area contributed by atoms with Crippen LogP contribution in [0.25, 0.3) is 21.9 Å². The van der Waals surface area contributed by atoms with Crippen LogP contribution in [0, 0.1) is 11.3 Å². The number of ether oxygens (including phenoxy) is 2. The zero-order valence-electron chi connectivity index (χ0n) is 27.4. The quantitative estimate of drug-likeness (QED) is 0.201. The Balaban J connectivity index is 1.21. The number of likely N-dealkylation sites (tertiary alicyclic amines) is 1. The Labute approximate surface area is 285 Å². The molecule has 2 N–H and O–H groups in total. The maximum atomic E-state index is 14.2. The van der Waals surface area contributed by atoms with Gasteiger partial charge in [-0.05, 0) is 49.7 Å². The Morgan fingerprint density at radius 2 is 1.94 bits per heavy atom. The molecule has 0 aliphatic carbocycles. The predicted octanol–water partition coefficient (Wildman–Crippen LogP) is 5.66. The molecule has 0 spiro atoms. The van der Waals surface area contributed by atoms with Crippen LogP contribution in [0.1, 0.15) is 41.5 Å². The van der Waals surface area contributed by atoms with E-state index >= 15 is 0 Å². The molecular formula is C35H36F3N9O3. The van der Waals surface area contributed by atoms with Gasteiger partial charge < -0.3 is 29.2 Å². The second-order valence-electron chi connectivity index (χ2n) is 12.7. The molecule has 2 aliphatic rings. The molecule has 15 heteroatoms. The first-order chi connectivity index (χ1) is 24.2. The first-order valence-corrected chi connectivity index (χ1v) is 16.5. The van der Waals surface area contributed by atoms with Crippen molar-refractivity contribution >= 4 is 33.8 Å². The summed E-state index contributed by atoms with van der Waals surface area (Å²) in [5.74, 6) is 0.480. The number of hydrogen-bond donors (Lipinski definition) is 2. The lowest BCUT2D eigenvalue weighted by Gasteiger charge is -2.40. The van der Waals surface area contributed by atoms with E-state index in [2.05, 4.69) is 26.2 Å². The Kier molecular flexibility index (Phi) is 9.20. The van der Waals surface area contributed by atoms with E-state index in [1.54, 1.807) is 11.1 Å². The highest BCUT2D eigenvalue weighted by molar-refractivity contribution is 5.91. The lowest BCUT2D eigenvalue weighted by Crippen LogP contribution is -2.55. The monoisotopic (exact) mass is 687 g/mol. The molecule has 0 radical (unpaired) electrons. The van der Waals surface area contributed by atoms with Gasteiger partial charge in [-0.1, -0.05) is 30.3 Å². The fraction of sp³-hybridized carbons (Fsp3) is 0.400. The largest absolute Gasteiger partial charge is 0.462 e. The summed E-state index contributed by atoms with van der Waals surface area (Å²) in [7, 11) is 2.04. The maximum Gasteiger partial charge on any atom is 0.416 e. The summed E-state index contributed by atoms with van der Waals surface area (Å²) in [5.41, 5.74) is 2.17. The lowest BCUT2D eigenvalue weighted by molar-refractivity contribution is -0.138. The molecule has 0 bridgehead atoms. The van der Waals surface area contributed by atoms with Crippen LogP contribution < -0.4 is 9.64 Å². The number of halogens is 3. The molecule has 1 unspecified atom stereocenters. The number of nitrogens with zero attached hydrogens (tertiary/aromatic N) is 7. The van der Waals surface area contributed by atoms with Gasteiger partial charge in [-0.15, -0.1) is 0 Å². The molecule has 50 heavy (non-hydrogen) atoms. The average Bonchev–Trinajstić information content (AvgIpc) is 3.86. The number of amides is 1. The highest BCUT2D eigenvalue weighted by atomic mass is 19.4. The normalized spacial score (nSPS) is 18.5. The van der Waals surface area contributed by atoms with E-state index in [1.165, 1.54) is 12.3 Å². The van der Waals surface area contributed by atoms with Crippen LogP contribution in [0.5, 0.6) is 6.01 Å². The van der Waals surface area contributed by atoms with Gasteiger partial charge in [-0.2, -0.15) is 33.5 Å². The molecule has 3 aromatic heterocycles. The summed E-state index contributed by atoms with van der Waals surface area (Å²) in [4.78, 5) is 31.7. The number of piperazine rings is 1. The number of carbonyl (C=O) groups excluding carboxylic acids is 1. The smallest absolute Gasteiger partial charge is 0.416 e. The van der Waals surface area contributed by atoms with E-state index in [0.717, 1.165) is 31.0 Å². The maximum absolute atomic E-state index is 14.2. The summed E-state index contributed by atoms with van der Waals surface area (Å²) in [6.45, 7) is 2.31. The highest BCUT2D eigenvalue weighted by Gasteiger charge is 2.36. The molecule has 7 rings (SSSR count). The topological polar surface area (TPSA) is 139 Å². The minimum Gasteiger partial charge on any atom is -0.462 e. The average molecular weight is 688 g/mol. The van der Waals surface area contributed by atoms with Gasteiger partial charge in [0, 0.05) is 49.2 Å². The molecule has 0 saturated carbocycles. The lowest BCUT2D eigenvalue weighted by atomic mass is 9.97. The molecule has 5 aromatic rings. The van der Waals surface area contributed by atoms with Crippen molar-refractivity contribution in [2.75, 3.05) is 44.7 Å². The third-order valence-electron chi connectivity index (χ3n) is 9.60. The first-order valence-electron chi connectivity index (χ1n) is 16.5.